The van der Waals surface area contributed by atoms with Crippen LogP contribution in [0.3, 0.4) is 0 Å². The first-order valence-electron chi connectivity index (χ1n) is 8.25. The lowest BCUT2D eigenvalue weighted by atomic mass is 10.1. The van der Waals surface area contributed by atoms with E-state index in [0.29, 0.717) is 9.90 Å². The van der Waals surface area contributed by atoms with Gasteiger partial charge in [0.05, 0.1) is 18.3 Å². The number of halogens is 1. The second-order valence-electron chi connectivity index (χ2n) is 6.02. The van der Waals surface area contributed by atoms with E-state index in [1.165, 1.54) is 11.3 Å². The van der Waals surface area contributed by atoms with Gasteiger partial charge in [0, 0.05) is 32.2 Å². The van der Waals surface area contributed by atoms with Gasteiger partial charge in [0.2, 0.25) is 0 Å². The fourth-order valence-electron chi connectivity index (χ4n) is 2.99. The van der Waals surface area contributed by atoms with Gasteiger partial charge in [-0.3, -0.25) is 4.79 Å². The maximum absolute atomic E-state index is 12.5. The van der Waals surface area contributed by atoms with E-state index in [1.54, 1.807) is 13.3 Å². The minimum Gasteiger partial charge on any atom is -0.497 e. The Morgan fingerprint density at radius 2 is 2.07 bits per heavy atom. The lowest BCUT2D eigenvalue weighted by Gasteiger charge is -1.98. The van der Waals surface area contributed by atoms with Gasteiger partial charge >= 0.3 is 0 Å². The molecule has 0 bridgehead atoms. The molecule has 7 heteroatoms. The Kier molecular flexibility index (Phi) is 4.59. The minimum absolute atomic E-state index is 0.339. The number of nitrogens with one attached hydrogen (secondary N) is 2. The maximum Gasteiger partial charge on any atom is 0.283 e. The standard InChI is InChI=1S/C20H16ClN3O2S/c1-11-15(13-5-3-4-6-16(13)23-11)10-22-24-20(25)19-18(21)14-8-7-12(26-2)9-17(14)27-19/h3-10,23H,1-2H3,(H,24,25)/b22-10+. The van der Waals surface area contributed by atoms with E-state index in [2.05, 4.69) is 15.5 Å². The smallest absolute Gasteiger partial charge is 0.283 e. The molecule has 2 heterocycles. The minimum atomic E-state index is -0.339. The van der Waals surface area contributed by atoms with Crippen molar-refractivity contribution in [3.05, 3.63) is 63.6 Å². The van der Waals surface area contributed by atoms with Crippen molar-refractivity contribution in [1.82, 2.24) is 10.4 Å². The number of aromatic amines is 1. The number of hydrogen-bond acceptors (Lipinski definition) is 4. The number of carbonyl (C=O) groups is 1. The Balaban J connectivity index is 1.59. The third-order valence-electron chi connectivity index (χ3n) is 4.35. The van der Waals surface area contributed by atoms with Gasteiger partial charge in [0.1, 0.15) is 10.6 Å². The van der Waals surface area contributed by atoms with Crippen LogP contribution < -0.4 is 10.2 Å². The number of methoxy groups -OCH3 is 1. The number of hydrazone groups is 1. The zero-order chi connectivity index (χ0) is 19.0. The van der Waals surface area contributed by atoms with Crippen LogP contribution in [0.5, 0.6) is 5.75 Å². The van der Waals surface area contributed by atoms with E-state index < -0.39 is 0 Å². The summed E-state index contributed by atoms with van der Waals surface area (Å²) in [5.74, 6) is 0.383. The van der Waals surface area contributed by atoms with Crippen LogP contribution in [0, 0.1) is 6.92 Å². The Hall–Kier alpha value is -2.83. The molecule has 2 aromatic heterocycles. The van der Waals surface area contributed by atoms with Crippen LogP contribution in [0.4, 0.5) is 0 Å². The van der Waals surface area contributed by atoms with Crippen LogP contribution in [0.2, 0.25) is 5.02 Å². The Morgan fingerprint density at radius 1 is 1.26 bits per heavy atom. The van der Waals surface area contributed by atoms with Crippen LogP contribution in [0.15, 0.2) is 47.6 Å². The summed E-state index contributed by atoms with van der Waals surface area (Å²) in [7, 11) is 1.60. The van der Waals surface area contributed by atoms with Gasteiger partial charge in [-0.2, -0.15) is 5.10 Å². The lowest BCUT2D eigenvalue weighted by molar-refractivity contribution is 0.0959. The van der Waals surface area contributed by atoms with E-state index in [9.17, 15) is 4.79 Å². The summed E-state index contributed by atoms with van der Waals surface area (Å²) in [5.41, 5.74) is 5.53. The first kappa shape index (κ1) is 17.6. The molecule has 136 valence electrons. The van der Waals surface area contributed by atoms with Gasteiger partial charge in [0.15, 0.2) is 0 Å². The number of carbonyl (C=O) groups excluding carboxylic acids is 1. The van der Waals surface area contributed by atoms with Crippen molar-refractivity contribution in [2.24, 2.45) is 5.10 Å². The fourth-order valence-corrected chi connectivity index (χ4v) is 4.42. The monoisotopic (exact) mass is 397 g/mol. The average molecular weight is 398 g/mol. The quantitative estimate of drug-likeness (QED) is 0.371. The summed E-state index contributed by atoms with van der Waals surface area (Å²) in [4.78, 5) is 16.3. The average Bonchev–Trinajstić information content (AvgIpc) is 3.18. The largest absolute Gasteiger partial charge is 0.497 e. The molecule has 0 aliphatic heterocycles. The van der Waals surface area contributed by atoms with Crippen molar-refractivity contribution in [3.63, 3.8) is 0 Å². The van der Waals surface area contributed by atoms with E-state index in [1.807, 2.05) is 49.4 Å². The lowest BCUT2D eigenvalue weighted by Crippen LogP contribution is -2.16. The predicted octanol–water partition coefficient (Wildman–Crippen LogP) is 5.12. The molecule has 1 amide bonds. The second kappa shape index (κ2) is 7.06. The summed E-state index contributed by atoms with van der Waals surface area (Å²) in [5, 5.41) is 6.43. The number of para-hydroxylation sites is 1. The zero-order valence-electron chi connectivity index (χ0n) is 14.7. The van der Waals surface area contributed by atoms with Crippen LogP contribution in [-0.2, 0) is 0 Å². The number of nitrogens with zero attached hydrogens (tertiary/aromatic N) is 1. The highest BCUT2D eigenvalue weighted by atomic mass is 35.5. The summed E-state index contributed by atoms with van der Waals surface area (Å²) >= 11 is 7.69. The second-order valence-corrected chi connectivity index (χ2v) is 7.45. The van der Waals surface area contributed by atoms with Gasteiger partial charge in [-0.1, -0.05) is 29.8 Å². The van der Waals surface area contributed by atoms with Crippen molar-refractivity contribution >= 4 is 56.0 Å². The number of amides is 1. The molecule has 0 saturated carbocycles. The predicted molar refractivity (Wildman–Crippen MR) is 111 cm³/mol. The van der Waals surface area contributed by atoms with Crippen molar-refractivity contribution in [3.8, 4) is 5.75 Å². The molecule has 0 saturated heterocycles. The van der Waals surface area contributed by atoms with E-state index in [0.717, 1.165) is 38.0 Å². The number of fused-ring (bicyclic) bond motifs is 2. The van der Waals surface area contributed by atoms with Gasteiger partial charge in [-0.25, -0.2) is 5.43 Å². The number of thiophene rings is 1. The molecule has 2 aromatic carbocycles. The number of aryl methyl sites for hydroxylation is 1. The van der Waals surface area contributed by atoms with Crippen LogP contribution in [-0.4, -0.2) is 24.2 Å². The number of aromatic nitrogens is 1. The molecule has 0 aliphatic rings. The first-order chi connectivity index (χ1) is 13.1. The van der Waals surface area contributed by atoms with Gasteiger partial charge < -0.3 is 9.72 Å². The van der Waals surface area contributed by atoms with Crippen molar-refractivity contribution in [1.29, 1.82) is 0 Å². The highest BCUT2D eigenvalue weighted by Gasteiger charge is 2.17. The topological polar surface area (TPSA) is 66.5 Å². The van der Waals surface area contributed by atoms with Crippen LogP contribution in [0.1, 0.15) is 20.9 Å². The van der Waals surface area contributed by atoms with Crippen molar-refractivity contribution in [2.75, 3.05) is 7.11 Å². The van der Waals surface area contributed by atoms with E-state index >= 15 is 0 Å². The van der Waals surface area contributed by atoms with Crippen LogP contribution >= 0.6 is 22.9 Å². The molecule has 0 fully saturated rings. The van der Waals surface area contributed by atoms with Gasteiger partial charge in [0.25, 0.3) is 5.91 Å². The fraction of sp³-hybridized carbons (Fsp3) is 0.100. The van der Waals surface area contributed by atoms with E-state index in [-0.39, 0.29) is 5.91 Å². The highest BCUT2D eigenvalue weighted by molar-refractivity contribution is 7.21. The summed E-state index contributed by atoms with van der Waals surface area (Å²) < 4.78 is 6.11. The Labute approximate surface area is 164 Å². The maximum atomic E-state index is 12.5. The molecule has 0 unspecified atom stereocenters. The number of hydrogen-bond donors (Lipinski definition) is 2. The van der Waals surface area contributed by atoms with Crippen molar-refractivity contribution in [2.45, 2.75) is 6.92 Å². The molecular weight excluding hydrogens is 382 g/mol. The Bertz CT molecular complexity index is 1190. The molecule has 27 heavy (non-hydrogen) atoms. The van der Waals surface area contributed by atoms with E-state index in [4.69, 9.17) is 16.3 Å². The molecule has 0 spiro atoms. The molecule has 0 atom stereocenters. The molecule has 5 nitrogen and oxygen atoms in total. The summed E-state index contributed by atoms with van der Waals surface area (Å²) in [6.45, 7) is 1.97. The summed E-state index contributed by atoms with van der Waals surface area (Å²) in [6.07, 6.45) is 1.65. The zero-order valence-corrected chi connectivity index (χ0v) is 16.2. The SMILES string of the molecule is COc1ccc2c(Cl)c(C(=O)N/N=C/c3c(C)[nH]c4ccccc34)sc2c1. The normalized spacial score (nSPS) is 11.5. The highest BCUT2D eigenvalue weighted by Crippen LogP contribution is 2.37. The third-order valence-corrected chi connectivity index (χ3v) is 6.00. The molecule has 0 radical (unpaired) electrons. The number of rotatable bonds is 4. The van der Waals surface area contributed by atoms with Crippen molar-refractivity contribution < 1.29 is 9.53 Å². The van der Waals surface area contributed by atoms with Gasteiger partial charge in [-0.05, 0) is 31.2 Å². The third kappa shape index (κ3) is 3.18. The molecule has 4 rings (SSSR count). The summed E-state index contributed by atoms with van der Waals surface area (Å²) in [6, 6.07) is 13.5. The number of H-pyrrole nitrogens is 1. The molecule has 4 aromatic rings. The Morgan fingerprint density at radius 3 is 2.89 bits per heavy atom. The van der Waals surface area contributed by atoms with Crippen LogP contribution in [0.25, 0.3) is 21.0 Å². The molecular formula is C20H16ClN3O2S. The molecule has 2 N–H and O–H groups in total. The molecule has 0 aliphatic carbocycles. The number of benzene rings is 2. The number of ether oxygens (including phenoxy) is 1. The van der Waals surface area contributed by atoms with Gasteiger partial charge in [-0.15, -0.1) is 11.3 Å². The first-order valence-corrected chi connectivity index (χ1v) is 9.44.